The summed E-state index contributed by atoms with van der Waals surface area (Å²) >= 11 is 5.89. The second-order valence-electron chi connectivity index (χ2n) is 17.3. The molecule has 0 atom stereocenters. The number of imidazole rings is 1. The largest absolute Gasteiger partial charge is 0.353 e. The van der Waals surface area contributed by atoms with Crippen LogP contribution in [-0.2, 0) is 35.8 Å². The third-order valence-electron chi connectivity index (χ3n) is 12.5. The zero-order valence-electron chi connectivity index (χ0n) is 40.0. The van der Waals surface area contributed by atoms with Gasteiger partial charge in [0.2, 0.25) is 12.4 Å². The molecular weight excluding hydrogens is 890 g/mol. The molecule has 4 saturated heterocycles. The van der Waals surface area contributed by atoms with Gasteiger partial charge in [0, 0.05) is 150 Å². The van der Waals surface area contributed by atoms with Crippen LogP contribution in [0.1, 0.15) is 16.7 Å². The Morgan fingerprint density at radius 3 is 1.51 bits per heavy atom. The molecule has 0 aliphatic carbocycles. The van der Waals surface area contributed by atoms with Crippen LogP contribution in [0.3, 0.4) is 0 Å². The van der Waals surface area contributed by atoms with Crippen molar-refractivity contribution in [3.05, 3.63) is 157 Å². The highest BCUT2D eigenvalue weighted by molar-refractivity contribution is 6.29. The van der Waals surface area contributed by atoms with Crippen molar-refractivity contribution in [1.82, 2.24) is 64.0 Å². The van der Waals surface area contributed by atoms with Gasteiger partial charge < -0.3 is 24.1 Å². The molecule has 6 aromatic rings. The van der Waals surface area contributed by atoms with Crippen molar-refractivity contribution in [2.75, 3.05) is 128 Å². The van der Waals surface area contributed by atoms with Crippen molar-refractivity contribution in [1.29, 1.82) is 0 Å². The molecule has 1 amide bonds. The van der Waals surface area contributed by atoms with Crippen molar-refractivity contribution in [3.8, 4) is 0 Å². The number of benzene rings is 3. The second-order valence-corrected chi connectivity index (χ2v) is 17.7. The summed E-state index contributed by atoms with van der Waals surface area (Å²) in [7, 11) is 1.65. The van der Waals surface area contributed by atoms with Crippen LogP contribution in [0.25, 0.3) is 0 Å². The van der Waals surface area contributed by atoms with Gasteiger partial charge in [0.1, 0.15) is 23.6 Å². The number of nitrogens with zero attached hydrogens (tertiary/aromatic N) is 15. The monoisotopic (exact) mass is 958 g/mol. The highest BCUT2D eigenvalue weighted by Crippen LogP contribution is 2.17. The maximum Gasteiger partial charge on any atom is 0.228 e. The molecule has 18 heteroatoms. The van der Waals surface area contributed by atoms with Gasteiger partial charge in [-0.05, 0) is 16.7 Å². The fraction of sp³-hybridized carbons (Fsp3) is 0.431. The molecule has 7 heterocycles. The number of hydroxylamine groups is 2. The number of anilines is 2. The van der Waals surface area contributed by atoms with E-state index in [4.69, 9.17) is 16.4 Å². The van der Waals surface area contributed by atoms with Gasteiger partial charge in [0.15, 0.2) is 0 Å². The summed E-state index contributed by atoms with van der Waals surface area (Å²) in [5, 5.41) is 2.30. The molecule has 0 bridgehead atoms. The number of carbonyl (C=O) groups is 1. The first kappa shape index (κ1) is 50.9. The molecule has 3 aromatic heterocycles. The number of halogens is 1. The van der Waals surface area contributed by atoms with Gasteiger partial charge in [-0.2, -0.15) is 5.06 Å². The Labute approximate surface area is 412 Å². The van der Waals surface area contributed by atoms with Crippen molar-refractivity contribution in [3.63, 3.8) is 0 Å². The van der Waals surface area contributed by atoms with Crippen LogP contribution >= 0.6 is 11.6 Å². The molecular formula is C51H68ClN15O2. The number of amides is 1. The lowest BCUT2D eigenvalue weighted by Gasteiger charge is -2.35. The zero-order valence-corrected chi connectivity index (χ0v) is 40.8. The minimum atomic E-state index is 0.453. The van der Waals surface area contributed by atoms with E-state index in [0.717, 1.165) is 129 Å². The van der Waals surface area contributed by atoms with E-state index >= 15 is 0 Å². The smallest absolute Gasteiger partial charge is 0.228 e. The topological polar surface area (TPSA) is 134 Å². The van der Waals surface area contributed by atoms with Crippen molar-refractivity contribution < 1.29 is 9.63 Å². The molecule has 0 spiro atoms. The van der Waals surface area contributed by atoms with Crippen molar-refractivity contribution in [2.45, 2.75) is 26.2 Å². The lowest BCUT2D eigenvalue weighted by atomic mass is 10.2. The normalized spacial score (nSPS) is 17.4. The second kappa shape index (κ2) is 28.5. The van der Waals surface area contributed by atoms with Gasteiger partial charge in [0.05, 0.1) is 25.8 Å². The van der Waals surface area contributed by atoms with Gasteiger partial charge in [-0.15, -0.1) is 0 Å². The predicted molar refractivity (Wildman–Crippen MR) is 271 cm³/mol. The molecule has 17 nitrogen and oxygen atoms in total. The van der Waals surface area contributed by atoms with Gasteiger partial charge in [-0.1, -0.05) is 103 Å². The molecule has 0 unspecified atom stereocenters. The molecule has 0 N–H and O–H groups in total. The van der Waals surface area contributed by atoms with E-state index in [1.807, 2.05) is 23.8 Å². The summed E-state index contributed by atoms with van der Waals surface area (Å²) in [6, 6.07) is 31.9. The lowest BCUT2D eigenvalue weighted by molar-refractivity contribution is -0.155. The number of carbonyl (C=O) groups excluding carboxylic acids is 1. The van der Waals surface area contributed by atoms with Crippen LogP contribution in [0.5, 0.6) is 0 Å². The third-order valence-corrected chi connectivity index (χ3v) is 12.7. The van der Waals surface area contributed by atoms with E-state index in [2.05, 4.69) is 155 Å². The summed E-state index contributed by atoms with van der Waals surface area (Å²) < 4.78 is 2.15. The van der Waals surface area contributed by atoms with Crippen LogP contribution in [0, 0.1) is 0 Å². The number of aromatic nitrogens is 7. The third kappa shape index (κ3) is 17.8. The van der Waals surface area contributed by atoms with E-state index in [9.17, 15) is 4.79 Å². The molecule has 4 fully saturated rings. The summed E-state index contributed by atoms with van der Waals surface area (Å²) in [5.74, 6) is 1.66. The molecule has 4 aliphatic heterocycles. The van der Waals surface area contributed by atoms with Gasteiger partial charge in [0.25, 0.3) is 0 Å². The quantitative estimate of drug-likeness (QED) is 0.149. The Morgan fingerprint density at radius 2 is 1.04 bits per heavy atom. The Hall–Kier alpha value is -5.92. The first-order valence-corrected chi connectivity index (χ1v) is 24.4. The van der Waals surface area contributed by atoms with Crippen molar-refractivity contribution >= 4 is 29.8 Å². The molecule has 0 radical (unpaired) electrons. The predicted octanol–water partition coefficient (Wildman–Crippen LogP) is 4.67. The van der Waals surface area contributed by atoms with Gasteiger partial charge in [-0.3, -0.25) is 29.4 Å². The average molecular weight is 959 g/mol. The summed E-state index contributed by atoms with van der Waals surface area (Å²) in [6.45, 7) is 21.1. The van der Waals surface area contributed by atoms with Gasteiger partial charge in [-0.25, -0.2) is 24.9 Å². The van der Waals surface area contributed by atoms with Crippen LogP contribution in [0.2, 0.25) is 5.15 Å². The number of hydrogen-bond acceptors (Lipinski definition) is 15. The Kier molecular flexibility index (Phi) is 21.1. The summed E-state index contributed by atoms with van der Waals surface area (Å²) in [4.78, 5) is 56.1. The Morgan fingerprint density at radius 1 is 0.551 bits per heavy atom. The summed E-state index contributed by atoms with van der Waals surface area (Å²) in [5.41, 5.74) is 4.15. The number of piperazine rings is 4. The fourth-order valence-electron chi connectivity index (χ4n) is 8.49. The van der Waals surface area contributed by atoms with E-state index < -0.39 is 0 Å². The summed E-state index contributed by atoms with van der Waals surface area (Å²) in [6.07, 6.45) is 13.1. The first-order valence-electron chi connectivity index (χ1n) is 24.0. The molecule has 0 saturated carbocycles. The van der Waals surface area contributed by atoms with Crippen LogP contribution in [-0.4, -0.2) is 189 Å². The van der Waals surface area contributed by atoms with Gasteiger partial charge >= 0.3 is 0 Å². The minimum absolute atomic E-state index is 0.453. The van der Waals surface area contributed by atoms with Crippen LogP contribution < -0.4 is 9.80 Å². The fourth-order valence-corrected chi connectivity index (χ4v) is 8.63. The number of hydrogen-bond donors (Lipinski definition) is 0. The maximum absolute atomic E-state index is 10.2. The SMILES string of the molecule is CON1CCN(C=O)CC1.Clc1cncc(N2CCN(Cc3ccccc3)CC2)n1.c1ccc(CN2CCN(CCn3ccnc3)CC2)cc1.c1ccc(CN2CCN(c3ncncn3)CC2)cc1. The molecule has 4 aliphatic rings. The molecule has 366 valence electrons. The Bertz CT molecular complexity index is 2260. The van der Waals surface area contributed by atoms with Crippen LogP contribution in [0.4, 0.5) is 11.8 Å². The zero-order chi connectivity index (χ0) is 47.7. The highest BCUT2D eigenvalue weighted by Gasteiger charge is 2.21. The molecule has 69 heavy (non-hydrogen) atoms. The standard InChI is InChI=1S/C16H22N4.C15H17ClN4.C14H17N5.C6H12N2O2/c1-2-4-16(5-3-1)14-19-11-8-18(9-12-19)10-13-20-7-6-17-15-20;16-14-10-17-11-15(18-14)20-8-6-19(7-9-20)12-13-4-2-1-3-5-13;1-2-4-13(5-3-1)10-18-6-8-19(9-7-18)14-16-11-15-12-17-14;1-10-8-4-2-7(6-9)3-5-8/h1-7,15H,8-14H2;1-5,10-11H,6-9,12H2;1-5,11-12H,6-10H2;6H,2-5H2,1H3. The maximum atomic E-state index is 10.2. The van der Waals surface area contributed by atoms with E-state index in [0.29, 0.717) is 5.15 Å². The Balaban J connectivity index is 0.000000139. The molecule has 10 rings (SSSR count). The lowest BCUT2D eigenvalue weighted by Crippen LogP contribution is -2.46. The van der Waals surface area contributed by atoms with Crippen LogP contribution in [0.15, 0.2) is 135 Å². The highest BCUT2D eigenvalue weighted by atomic mass is 35.5. The van der Waals surface area contributed by atoms with E-state index in [-0.39, 0.29) is 0 Å². The average Bonchev–Trinajstić information content (AvgIpc) is 3.95. The van der Waals surface area contributed by atoms with E-state index in [1.165, 1.54) is 42.9 Å². The molecule has 3 aromatic carbocycles. The number of rotatable bonds is 13. The van der Waals surface area contributed by atoms with E-state index in [1.54, 1.807) is 37.1 Å². The van der Waals surface area contributed by atoms with Crippen molar-refractivity contribution in [2.24, 2.45) is 0 Å². The minimum Gasteiger partial charge on any atom is -0.353 e. The first-order chi connectivity index (χ1) is 34.0.